The summed E-state index contributed by atoms with van der Waals surface area (Å²) in [6.45, 7) is -0.576. The first-order valence-corrected chi connectivity index (χ1v) is 8.55. The van der Waals surface area contributed by atoms with Gasteiger partial charge in [0.2, 0.25) is 0 Å². The molecule has 0 saturated carbocycles. The molecule has 0 saturated heterocycles. The summed E-state index contributed by atoms with van der Waals surface area (Å²) in [5, 5.41) is 2.81. The van der Waals surface area contributed by atoms with Crippen molar-refractivity contribution in [1.29, 1.82) is 0 Å². The van der Waals surface area contributed by atoms with Crippen LogP contribution >= 0.6 is 0 Å². The minimum atomic E-state index is -0.982. The van der Waals surface area contributed by atoms with E-state index >= 15 is 0 Å². The SMILES string of the molecule is O=C(COC(=O)c1cc(F)cc(F)c1)NC(c1ccccc1)c1ccccc1. The van der Waals surface area contributed by atoms with Gasteiger partial charge in [-0.15, -0.1) is 0 Å². The predicted molar refractivity (Wildman–Crippen MR) is 99.5 cm³/mol. The van der Waals surface area contributed by atoms with Crippen molar-refractivity contribution in [3.8, 4) is 0 Å². The lowest BCUT2D eigenvalue weighted by Crippen LogP contribution is -2.33. The highest BCUT2D eigenvalue weighted by atomic mass is 19.1. The zero-order chi connectivity index (χ0) is 19.9. The van der Waals surface area contributed by atoms with Crippen LogP contribution < -0.4 is 5.32 Å². The third kappa shape index (κ3) is 5.01. The lowest BCUT2D eigenvalue weighted by atomic mass is 9.99. The van der Waals surface area contributed by atoms with Crippen molar-refractivity contribution in [2.45, 2.75) is 6.04 Å². The van der Waals surface area contributed by atoms with E-state index < -0.39 is 36.2 Å². The largest absolute Gasteiger partial charge is 0.452 e. The summed E-state index contributed by atoms with van der Waals surface area (Å²) >= 11 is 0. The maximum absolute atomic E-state index is 13.2. The molecule has 0 aromatic heterocycles. The van der Waals surface area contributed by atoms with Crippen LogP contribution in [0.3, 0.4) is 0 Å². The lowest BCUT2D eigenvalue weighted by Gasteiger charge is -2.20. The standard InChI is InChI=1S/C22H17F2NO3/c23-18-11-17(12-19(24)13-18)22(27)28-14-20(26)25-21(15-7-3-1-4-8-15)16-9-5-2-6-10-16/h1-13,21H,14H2,(H,25,26). The van der Waals surface area contributed by atoms with Crippen LogP contribution in [-0.2, 0) is 9.53 Å². The topological polar surface area (TPSA) is 55.4 Å². The Hall–Kier alpha value is -3.54. The number of rotatable bonds is 6. The number of hydrogen-bond acceptors (Lipinski definition) is 3. The van der Waals surface area contributed by atoms with E-state index in [0.29, 0.717) is 6.07 Å². The highest BCUT2D eigenvalue weighted by molar-refractivity contribution is 5.91. The highest BCUT2D eigenvalue weighted by Gasteiger charge is 2.18. The Morgan fingerprint density at radius 1 is 0.821 bits per heavy atom. The minimum Gasteiger partial charge on any atom is -0.452 e. The number of benzene rings is 3. The van der Waals surface area contributed by atoms with E-state index in [1.807, 2.05) is 60.7 Å². The Balaban J connectivity index is 1.68. The number of ether oxygens (including phenoxy) is 1. The van der Waals surface area contributed by atoms with Gasteiger partial charge in [0.25, 0.3) is 5.91 Å². The van der Waals surface area contributed by atoms with Crippen LogP contribution in [0.1, 0.15) is 27.5 Å². The first-order valence-electron chi connectivity index (χ1n) is 8.55. The molecule has 0 bridgehead atoms. The molecule has 0 radical (unpaired) electrons. The van der Waals surface area contributed by atoms with Crippen molar-refractivity contribution in [3.63, 3.8) is 0 Å². The molecule has 0 heterocycles. The van der Waals surface area contributed by atoms with E-state index in [1.165, 1.54) is 0 Å². The first-order chi connectivity index (χ1) is 13.5. The normalized spacial score (nSPS) is 10.5. The van der Waals surface area contributed by atoms with Gasteiger partial charge in [-0.05, 0) is 23.3 Å². The van der Waals surface area contributed by atoms with Gasteiger partial charge in [0, 0.05) is 6.07 Å². The maximum Gasteiger partial charge on any atom is 0.338 e. The second kappa shape index (κ2) is 8.90. The summed E-state index contributed by atoms with van der Waals surface area (Å²) in [7, 11) is 0. The number of halogens is 2. The lowest BCUT2D eigenvalue weighted by molar-refractivity contribution is -0.124. The summed E-state index contributed by atoms with van der Waals surface area (Å²) < 4.78 is 31.3. The minimum absolute atomic E-state index is 0.298. The van der Waals surface area contributed by atoms with Crippen LogP contribution in [0, 0.1) is 11.6 Å². The second-order valence-corrected chi connectivity index (χ2v) is 6.06. The molecular weight excluding hydrogens is 364 g/mol. The third-order valence-electron chi connectivity index (χ3n) is 4.00. The van der Waals surface area contributed by atoms with Crippen molar-refractivity contribution < 1.29 is 23.1 Å². The van der Waals surface area contributed by atoms with Crippen molar-refractivity contribution >= 4 is 11.9 Å². The van der Waals surface area contributed by atoms with Crippen LogP contribution in [0.2, 0.25) is 0 Å². The first kappa shape index (κ1) is 19.2. The van der Waals surface area contributed by atoms with Crippen molar-refractivity contribution in [2.75, 3.05) is 6.61 Å². The zero-order valence-electron chi connectivity index (χ0n) is 14.8. The van der Waals surface area contributed by atoms with E-state index in [4.69, 9.17) is 4.74 Å². The average molecular weight is 381 g/mol. The molecule has 0 fully saturated rings. The highest BCUT2D eigenvalue weighted by Crippen LogP contribution is 2.21. The predicted octanol–water partition coefficient (Wildman–Crippen LogP) is 4.03. The van der Waals surface area contributed by atoms with Gasteiger partial charge in [0.1, 0.15) is 11.6 Å². The van der Waals surface area contributed by atoms with Crippen LogP contribution in [0.25, 0.3) is 0 Å². The van der Waals surface area contributed by atoms with Gasteiger partial charge in [0.15, 0.2) is 6.61 Å². The summed E-state index contributed by atoms with van der Waals surface area (Å²) in [5.74, 6) is -3.32. The number of esters is 1. The van der Waals surface area contributed by atoms with Gasteiger partial charge in [-0.25, -0.2) is 13.6 Å². The summed E-state index contributed by atoms with van der Waals surface area (Å²) in [6, 6.07) is 20.6. The van der Waals surface area contributed by atoms with Gasteiger partial charge < -0.3 is 10.1 Å². The van der Waals surface area contributed by atoms with Crippen LogP contribution in [-0.4, -0.2) is 18.5 Å². The fraction of sp³-hybridized carbons (Fsp3) is 0.0909. The molecule has 6 heteroatoms. The Morgan fingerprint density at radius 3 is 1.82 bits per heavy atom. The number of carbonyl (C=O) groups is 2. The molecule has 1 amide bonds. The Labute approximate surface area is 160 Å². The van der Waals surface area contributed by atoms with Crippen molar-refractivity contribution in [3.05, 3.63) is 107 Å². The number of nitrogens with one attached hydrogen (secondary N) is 1. The monoisotopic (exact) mass is 381 g/mol. The van der Waals surface area contributed by atoms with Gasteiger partial charge in [-0.3, -0.25) is 4.79 Å². The molecule has 4 nitrogen and oxygen atoms in total. The fourth-order valence-electron chi connectivity index (χ4n) is 2.74. The molecule has 0 aliphatic heterocycles. The van der Waals surface area contributed by atoms with Crippen LogP contribution in [0.15, 0.2) is 78.9 Å². The van der Waals surface area contributed by atoms with Crippen LogP contribution in [0.4, 0.5) is 8.78 Å². The number of amides is 1. The molecule has 0 unspecified atom stereocenters. The molecule has 0 atom stereocenters. The van der Waals surface area contributed by atoms with E-state index in [-0.39, 0.29) is 5.56 Å². The molecule has 28 heavy (non-hydrogen) atoms. The van der Waals surface area contributed by atoms with Crippen LogP contribution in [0.5, 0.6) is 0 Å². The van der Waals surface area contributed by atoms with Gasteiger partial charge in [-0.2, -0.15) is 0 Å². The molecule has 3 rings (SSSR count). The fourth-order valence-corrected chi connectivity index (χ4v) is 2.74. The summed E-state index contributed by atoms with van der Waals surface area (Å²) in [6.07, 6.45) is 0. The Kier molecular flexibility index (Phi) is 6.11. The molecular formula is C22H17F2NO3. The van der Waals surface area contributed by atoms with Crippen molar-refractivity contribution in [1.82, 2.24) is 5.32 Å². The summed E-state index contributed by atoms with van der Waals surface area (Å²) in [4.78, 5) is 24.3. The van der Waals surface area contributed by atoms with E-state index in [9.17, 15) is 18.4 Å². The molecule has 3 aromatic rings. The molecule has 0 aliphatic carbocycles. The molecule has 0 aliphatic rings. The molecule has 142 valence electrons. The Bertz CT molecular complexity index is 902. The Morgan fingerprint density at radius 2 is 1.32 bits per heavy atom. The second-order valence-electron chi connectivity index (χ2n) is 6.06. The summed E-state index contributed by atoms with van der Waals surface area (Å²) in [5.41, 5.74) is 1.43. The quantitative estimate of drug-likeness (QED) is 0.656. The van der Waals surface area contributed by atoms with E-state index in [2.05, 4.69) is 5.32 Å². The van der Waals surface area contributed by atoms with E-state index in [0.717, 1.165) is 23.3 Å². The zero-order valence-corrected chi connectivity index (χ0v) is 14.8. The number of hydrogen-bond donors (Lipinski definition) is 1. The van der Waals surface area contributed by atoms with Gasteiger partial charge in [0.05, 0.1) is 11.6 Å². The maximum atomic E-state index is 13.2. The van der Waals surface area contributed by atoms with Crippen molar-refractivity contribution in [2.24, 2.45) is 0 Å². The number of carbonyl (C=O) groups excluding carboxylic acids is 2. The van der Waals surface area contributed by atoms with E-state index in [1.54, 1.807) is 0 Å². The molecule has 0 spiro atoms. The molecule has 3 aromatic carbocycles. The average Bonchev–Trinajstić information content (AvgIpc) is 2.71. The smallest absolute Gasteiger partial charge is 0.338 e. The van der Waals surface area contributed by atoms with Gasteiger partial charge in [-0.1, -0.05) is 60.7 Å². The van der Waals surface area contributed by atoms with Gasteiger partial charge >= 0.3 is 5.97 Å². The molecule has 1 N–H and O–H groups in total. The third-order valence-corrected chi connectivity index (χ3v) is 4.00.